The van der Waals surface area contributed by atoms with Gasteiger partial charge in [-0.2, -0.15) is 0 Å². The minimum atomic E-state index is 0.464. The highest BCUT2D eigenvalue weighted by Gasteiger charge is 2.53. The Morgan fingerprint density at radius 2 is 1.88 bits per heavy atom. The lowest BCUT2D eigenvalue weighted by Crippen LogP contribution is -2.32. The van der Waals surface area contributed by atoms with Crippen LogP contribution in [0.3, 0.4) is 0 Å². The maximum Gasteiger partial charge on any atom is 0.119 e. The molecule has 1 aromatic carbocycles. The summed E-state index contributed by atoms with van der Waals surface area (Å²) >= 11 is 0. The number of benzene rings is 1. The summed E-state index contributed by atoms with van der Waals surface area (Å²) in [6.45, 7) is 0. The topological polar surface area (TPSA) is 9.23 Å². The largest absolute Gasteiger partial charge is 0.490 e. The second-order valence-electron chi connectivity index (χ2n) is 5.77. The van der Waals surface area contributed by atoms with Gasteiger partial charge in [0.1, 0.15) is 11.9 Å². The van der Waals surface area contributed by atoms with Crippen LogP contribution >= 0.6 is 0 Å². The van der Waals surface area contributed by atoms with E-state index in [0.717, 1.165) is 29.4 Å². The quantitative estimate of drug-likeness (QED) is 0.699. The van der Waals surface area contributed by atoms with Crippen molar-refractivity contribution in [2.24, 2.45) is 23.7 Å². The van der Waals surface area contributed by atoms with Crippen molar-refractivity contribution < 1.29 is 4.74 Å². The first-order valence-corrected chi connectivity index (χ1v) is 6.80. The van der Waals surface area contributed by atoms with Crippen LogP contribution in [0, 0.1) is 23.7 Å². The van der Waals surface area contributed by atoms with Gasteiger partial charge in [-0.15, -0.1) is 0 Å². The molecular weight excluding hydrogens is 208 g/mol. The van der Waals surface area contributed by atoms with Crippen LogP contribution in [-0.4, -0.2) is 6.10 Å². The number of para-hydroxylation sites is 1. The second-order valence-corrected chi connectivity index (χ2v) is 5.77. The Hall–Kier alpha value is -1.24. The molecule has 88 valence electrons. The smallest absolute Gasteiger partial charge is 0.119 e. The summed E-state index contributed by atoms with van der Waals surface area (Å²) in [5.41, 5.74) is 0. The van der Waals surface area contributed by atoms with Crippen LogP contribution in [-0.2, 0) is 0 Å². The van der Waals surface area contributed by atoms with Gasteiger partial charge in [-0.3, -0.25) is 0 Å². The Balaban J connectivity index is 1.53. The van der Waals surface area contributed by atoms with Crippen molar-refractivity contribution in [3.8, 4) is 5.75 Å². The Bertz CT molecular complexity index is 436. The predicted octanol–water partition coefficient (Wildman–Crippen LogP) is 3.67. The molecule has 0 unspecified atom stereocenters. The molecule has 1 aromatic rings. The molecule has 0 N–H and O–H groups in total. The van der Waals surface area contributed by atoms with Crippen LogP contribution in [0.5, 0.6) is 5.75 Å². The Kier molecular flexibility index (Phi) is 2.08. The van der Waals surface area contributed by atoms with Gasteiger partial charge in [-0.25, -0.2) is 0 Å². The van der Waals surface area contributed by atoms with Crippen molar-refractivity contribution in [1.82, 2.24) is 0 Å². The van der Waals surface area contributed by atoms with Crippen molar-refractivity contribution in [2.45, 2.75) is 25.4 Å². The standard InChI is InChI=1S/C16H18O/c1-2-5-12(6-3-1)17-16-10-11-9-15(16)14-8-4-7-13(11)14/h1-6,8,11,13-16H,7,9-10H2/t11-,13+,14+,15+,16+/m0/s1. The molecule has 1 nitrogen and oxygen atoms in total. The average Bonchev–Trinajstić information content (AvgIpc) is 3.01. The first-order valence-electron chi connectivity index (χ1n) is 6.80. The zero-order chi connectivity index (χ0) is 11.2. The van der Waals surface area contributed by atoms with E-state index in [1.54, 1.807) is 0 Å². The number of hydrogen-bond acceptors (Lipinski definition) is 1. The van der Waals surface area contributed by atoms with E-state index in [0.29, 0.717) is 6.10 Å². The molecule has 1 heteroatoms. The maximum absolute atomic E-state index is 6.18. The number of ether oxygens (including phenoxy) is 1. The molecule has 5 atom stereocenters. The van der Waals surface area contributed by atoms with Crippen molar-refractivity contribution in [1.29, 1.82) is 0 Å². The summed E-state index contributed by atoms with van der Waals surface area (Å²) in [5.74, 6) is 4.53. The van der Waals surface area contributed by atoms with Crippen LogP contribution < -0.4 is 4.74 Å². The fourth-order valence-corrected chi connectivity index (χ4v) is 4.29. The molecular formula is C16H18O. The third kappa shape index (κ3) is 1.45. The summed E-state index contributed by atoms with van der Waals surface area (Å²) in [5, 5.41) is 0. The van der Waals surface area contributed by atoms with Gasteiger partial charge in [0.25, 0.3) is 0 Å². The van der Waals surface area contributed by atoms with Crippen molar-refractivity contribution in [2.75, 3.05) is 0 Å². The van der Waals surface area contributed by atoms with E-state index in [1.807, 2.05) is 6.07 Å². The number of hydrogen-bond donors (Lipinski definition) is 0. The SMILES string of the molecule is C1=C[C@@H]2[C@H](C1)[C@H]1C[C@H]2[C@H](Oc2ccccc2)C1. The Labute approximate surface area is 102 Å². The lowest BCUT2D eigenvalue weighted by molar-refractivity contribution is 0.0955. The first-order chi connectivity index (χ1) is 8.42. The highest BCUT2D eigenvalue weighted by molar-refractivity contribution is 5.23. The molecule has 4 rings (SSSR count). The van der Waals surface area contributed by atoms with Crippen LogP contribution in [0.4, 0.5) is 0 Å². The summed E-state index contributed by atoms with van der Waals surface area (Å²) < 4.78 is 6.18. The van der Waals surface area contributed by atoms with Crippen molar-refractivity contribution in [3.05, 3.63) is 42.5 Å². The average molecular weight is 226 g/mol. The fourth-order valence-electron chi connectivity index (χ4n) is 4.29. The highest BCUT2D eigenvalue weighted by atomic mass is 16.5. The van der Waals surface area contributed by atoms with Gasteiger partial charge in [0.15, 0.2) is 0 Å². The molecule has 3 aliphatic rings. The fraction of sp³-hybridized carbons (Fsp3) is 0.500. The first kappa shape index (κ1) is 9.76. The Morgan fingerprint density at radius 1 is 1.00 bits per heavy atom. The van der Waals surface area contributed by atoms with E-state index >= 15 is 0 Å². The third-order valence-corrected chi connectivity index (χ3v) is 4.98. The number of rotatable bonds is 2. The molecule has 0 amide bonds. The lowest BCUT2D eigenvalue weighted by Gasteiger charge is -2.31. The van der Waals surface area contributed by atoms with E-state index in [4.69, 9.17) is 4.74 Å². The summed E-state index contributed by atoms with van der Waals surface area (Å²) in [7, 11) is 0. The third-order valence-electron chi connectivity index (χ3n) is 4.98. The molecule has 2 saturated carbocycles. The molecule has 17 heavy (non-hydrogen) atoms. The van der Waals surface area contributed by atoms with Gasteiger partial charge < -0.3 is 4.74 Å². The summed E-state index contributed by atoms with van der Waals surface area (Å²) in [6.07, 6.45) is 9.31. The highest BCUT2D eigenvalue weighted by Crippen LogP contribution is 2.57. The van der Waals surface area contributed by atoms with Gasteiger partial charge >= 0.3 is 0 Å². The Morgan fingerprint density at radius 3 is 2.76 bits per heavy atom. The van der Waals surface area contributed by atoms with E-state index in [9.17, 15) is 0 Å². The van der Waals surface area contributed by atoms with E-state index < -0.39 is 0 Å². The minimum absolute atomic E-state index is 0.464. The predicted molar refractivity (Wildman–Crippen MR) is 67.8 cm³/mol. The molecule has 3 aliphatic carbocycles. The zero-order valence-electron chi connectivity index (χ0n) is 9.96. The van der Waals surface area contributed by atoms with E-state index in [1.165, 1.54) is 19.3 Å². The second kappa shape index (κ2) is 3.63. The van der Waals surface area contributed by atoms with Crippen molar-refractivity contribution >= 4 is 0 Å². The van der Waals surface area contributed by atoms with E-state index in [2.05, 4.69) is 36.4 Å². The molecule has 0 aliphatic heterocycles. The van der Waals surface area contributed by atoms with Gasteiger partial charge in [-0.1, -0.05) is 30.4 Å². The molecule has 0 aromatic heterocycles. The van der Waals surface area contributed by atoms with Crippen LogP contribution in [0.25, 0.3) is 0 Å². The minimum Gasteiger partial charge on any atom is -0.490 e. The molecule has 2 bridgehead atoms. The summed E-state index contributed by atoms with van der Waals surface area (Å²) in [4.78, 5) is 0. The maximum atomic E-state index is 6.18. The number of allylic oxidation sites excluding steroid dienone is 2. The lowest BCUT2D eigenvalue weighted by atomic mass is 9.80. The van der Waals surface area contributed by atoms with E-state index in [-0.39, 0.29) is 0 Å². The monoisotopic (exact) mass is 226 g/mol. The molecule has 2 fully saturated rings. The van der Waals surface area contributed by atoms with Crippen LogP contribution in [0.15, 0.2) is 42.5 Å². The van der Waals surface area contributed by atoms with Crippen LogP contribution in [0.2, 0.25) is 0 Å². The normalized spacial score (nSPS) is 41.8. The van der Waals surface area contributed by atoms with Gasteiger partial charge in [0.2, 0.25) is 0 Å². The molecule has 0 spiro atoms. The number of fused-ring (bicyclic) bond motifs is 5. The zero-order valence-corrected chi connectivity index (χ0v) is 9.96. The molecule has 0 saturated heterocycles. The van der Waals surface area contributed by atoms with Gasteiger partial charge in [0, 0.05) is 5.92 Å². The molecule has 0 radical (unpaired) electrons. The van der Waals surface area contributed by atoms with Crippen molar-refractivity contribution in [3.63, 3.8) is 0 Å². The van der Waals surface area contributed by atoms with Gasteiger partial charge in [0.05, 0.1) is 0 Å². The van der Waals surface area contributed by atoms with Crippen LogP contribution in [0.1, 0.15) is 19.3 Å². The summed E-state index contributed by atoms with van der Waals surface area (Å²) in [6, 6.07) is 10.3. The molecule has 0 heterocycles. The van der Waals surface area contributed by atoms with Gasteiger partial charge in [-0.05, 0) is 49.1 Å².